The molecule has 0 bridgehead atoms. The zero-order chi connectivity index (χ0) is 13.4. The molecule has 0 amide bonds. The Balaban J connectivity index is 2.71. The Hall–Kier alpha value is -1.69. The van der Waals surface area contributed by atoms with Crippen LogP contribution in [-0.4, -0.2) is 15.6 Å². The van der Waals surface area contributed by atoms with E-state index in [9.17, 15) is 4.39 Å². The first-order valence-corrected chi connectivity index (χ1v) is 6.07. The fourth-order valence-electron chi connectivity index (χ4n) is 1.77. The number of nitrogens with two attached hydrogens (primary N) is 1. The van der Waals surface area contributed by atoms with Crippen molar-refractivity contribution in [2.75, 3.05) is 0 Å². The third kappa shape index (κ3) is 2.03. The first-order valence-electron chi connectivity index (χ1n) is 5.28. The van der Waals surface area contributed by atoms with Crippen molar-refractivity contribution in [2.24, 2.45) is 5.73 Å². The molecule has 0 atom stereocenters. The van der Waals surface area contributed by atoms with Crippen molar-refractivity contribution in [3.8, 4) is 5.69 Å². The van der Waals surface area contributed by atoms with Crippen LogP contribution in [0.15, 0.2) is 22.7 Å². The number of hydrogen-bond donors (Lipinski definition) is 2. The first kappa shape index (κ1) is 12.8. The summed E-state index contributed by atoms with van der Waals surface area (Å²) in [6.45, 7) is 3.75. The van der Waals surface area contributed by atoms with Crippen molar-refractivity contribution in [2.45, 2.75) is 13.8 Å². The number of nitrogens with zero attached hydrogens (tertiary/aromatic N) is 2. The molecule has 2 aromatic rings. The van der Waals surface area contributed by atoms with Crippen molar-refractivity contribution in [1.82, 2.24) is 9.78 Å². The van der Waals surface area contributed by atoms with E-state index in [0.717, 1.165) is 15.9 Å². The zero-order valence-corrected chi connectivity index (χ0v) is 11.5. The SMILES string of the molecule is Cc1nn(-c2ccc(F)cc2C(=N)N)c(C)c1Br. The molecule has 1 aromatic heterocycles. The fourth-order valence-corrected chi connectivity index (χ4v) is 2.01. The summed E-state index contributed by atoms with van der Waals surface area (Å²) in [6, 6.07) is 4.13. The van der Waals surface area contributed by atoms with E-state index in [-0.39, 0.29) is 5.84 Å². The molecule has 0 saturated carbocycles. The van der Waals surface area contributed by atoms with Gasteiger partial charge in [0, 0.05) is 5.56 Å². The molecule has 6 heteroatoms. The minimum atomic E-state index is -0.426. The molecular formula is C12H12BrFN4. The first-order chi connectivity index (χ1) is 8.41. The van der Waals surface area contributed by atoms with Gasteiger partial charge in [0.05, 0.1) is 21.5 Å². The second kappa shape index (κ2) is 4.53. The highest BCUT2D eigenvalue weighted by molar-refractivity contribution is 9.10. The van der Waals surface area contributed by atoms with E-state index in [2.05, 4.69) is 21.0 Å². The summed E-state index contributed by atoms with van der Waals surface area (Å²) in [4.78, 5) is 0. The van der Waals surface area contributed by atoms with Gasteiger partial charge < -0.3 is 5.73 Å². The number of aryl methyl sites for hydroxylation is 1. The Labute approximate surface area is 112 Å². The van der Waals surface area contributed by atoms with E-state index in [0.29, 0.717) is 11.3 Å². The van der Waals surface area contributed by atoms with Gasteiger partial charge in [-0.2, -0.15) is 5.10 Å². The molecule has 1 aromatic carbocycles. The van der Waals surface area contributed by atoms with Gasteiger partial charge in [0.15, 0.2) is 0 Å². The van der Waals surface area contributed by atoms with E-state index >= 15 is 0 Å². The average Bonchev–Trinajstić information content (AvgIpc) is 2.57. The Morgan fingerprint density at radius 2 is 2.11 bits per heavy atom. The molecular weight excluding hydrogens is 299 g/mol. The Morgan fingerprint density at radius 3 is 2.61 bits per heavy atom. The van der Waals surface area contributed by atoms with Crippen LogP contribution in [0.3, 0.4) is 0 Å². The van der Waals surface area contributed by atoms with Crippen LogP contribution in [0.2, 0.25) is 0 Å². The highest BCUT2D eigenvalue weighted by atomic mass is 79.9. The molecule has 0 radical (unpaired) electrons. The Bertz CT molecular complexity index is 633. The fraction of sp³-hybridized carbons (Fsp3) is 0.167. The van der Waals surface area contributed by atoms with Crippen LogP contribution in [0.5, 0.6) is 0 Å². The van der Waals surface area contributed by atoms with Crippen molar-refractivity contribution in [3.63, 3.8) is 0 Å². The van der Waals surface area contributed by atoms with E-state index in [1.807, 2.05) is 13.8 Å². The lowest BCUT2D eigenvalue weighted by molar-refractivity contribution is 0.626. The minimum absolute atomic E-state index is 0.187. The molecule has 0 saturated heterocycles. The molecule has 4 nitrogen and oxygen atoms in total. The summed E-state index contributed by atoms with van der Waals surface area (Å²) in [6.07, 6.45) is 0. The molecule has 0 fully saturated rings. The second-order valence-electron chi connectivity index (χ2n) is 3.97. The number of amidine groups is 1. The highest BCUT2D eigenvalue weighted by Gasteiger charge is 2.15. The minimum Gasteiger partial charge on any atom is -0.384 e. The molecule has 0 aliphatic carbocycles. The largest absolute Gasteiger partial charge is 0.384 e. The summed E-state index contributed by atoms with van der Waals surface area (Å²) in [7, 11) is 0. The summed E-state index contributed by atoms with van der Waals surface area (Å²) in [5.74, 6) is -0.613. The zero-order valence-electron chi connectivity index (χ0n) is 9.96. The maximum Gasteiger partial charge on any atom is 0.125 e. The molecule has 94 valence electrons. The summed E-state index contributed by atoms with van der Waals surface area (Å²) in [5, 5.41) is 11.9. The lowest BCUT2D eigenvalue weighted by atomic mass is 10.1. The average molecular weight is 311 g/mol. The molecule has 0 unspecified atom stereocenters. The lowest BCUT2D eigenvalue weighted by Gasteiger charge is -2.10. The van der Waals surface area contributed by atoms with Gasteiger partial charge in [-0.15, -0.1) is 0 Å². The van der Waals surface area contributed by atoms with Gasteiger partial charge in [0.25, 0.3) is 0 Å². The van der Waals surface area contributed by atoms with Crippen LogP contribution < -0.4 is 5.73 Å². The maximum absolute atomic E-state index is 13.2. The van der Waals surface area contributed by atoms with Gasteiger partial charge in [-0.3, -0.25) is 5.41 Å². The lowest BCUT2D eigenvalue weighted by Crippen LogP contribution is -2.16. The van der Waals surface area contributed by atoms with Crippen molar-refractivity contribution in [3.05, 3.63) is 45.4 Å². The van der Waals surface area contributed by atoms with Gasteiger partial charge in [0.1, 0.15) is 11.7 Å². The second-order valence-corrected chi connectivity index (χ2v) is 4.76. The standard InChI is InChI=1S/C12H12BrFN4/c1-6-11(13)7(2)18(17-6)10-4-3-8(14)5-9(10)12(15)16/h3-5H,1-2H3,(H3,15,16). The number of hydrogen-bond acceptors (Lipinski definition) is 2. The van der Waals surface area contributed by atoms with Crippen LogP contribution in [0.1, 0.15) is 17.0 Å². The predicted octanol–water partition coefficient (Wildman–Crippen LogP) is 2.67. The van der Waals surface area contributed by atoms with E-state index < -0.39 is 5.82 Å². The van der Waals surface area contributed by atoms with Crippen molar-refractivity contribution >= 4 is 21.8 Å². The molecule has 0 aliphatic rings. The predicted molar refractivity (Wildman–Crippen MR) is 71.7 cm³/mol. The van der Waals surface area contributed by atoms with Gasteiger partial charge in [-0.1, -0.05) is 0 Å². The van der Waals surface area contributed by atoms with Crippen LogP contribution in [0.25, 0.3) is 5.69 Å². The number of rotatable bonds is 2. The molecule has 0 aliphatic heterocycles. The quantitative estimate of drug-likeness (QED) is 0.661. The molecule has 18 heavy (non-hydrogen) atoms. The number of nitrogen functional groups attached to an aromatic ring is 1. The summed E-state index contributed by atoms with van der Waals surface area (Å²) in [5.41, 5.74) is 8.10. The third-order valence-electron chi connectivity index (χ3n) is 2.68. The molecule has 3 N–H and O–H groups in total. The van der Waals surface area contributed by atoms with Crippen molar-refractivity contribution in [1.29, 1.82) is 5.41 Å². The monoisotopic (exact) mass is 310 g/mol. The maximum atomic E-state index is 13.2. The van der Waals surface area contributed by atoms with Crippen LogP contribution in [0, 0.1) is 25.1 Å². The molecule has 1 heterocycles. The van der Waals surface area contributed by atoms with Gasteiger partial charge >= 0.3 is 0 Å². The summed E-state index contributed by atoms with van der Waals surface area (Å²) >= 11 is 3.43. The summed E-state index contributed by atoms with van der Waals surface area (Å²) < 4.78 is 15.8. The third-order valence-corrected chi connectivity index (χ3v) is 3.83. The number of nitrogens with one attached hydrogen (secondary N) is 1. The number of halogens is 2. The number of benzene rings is 1. The van der Waals surface area contributed by atoms with Crippen molar-refractivity contribution < 1.29 is 4.39 Å². The van der Waals surface area contributed by atoms with Gasteiger partial charge in [-0.05, 0) is 48.0 Å². The highest BCUT2D eigenvalue weighted by Crippen LogP contribution is 2.25. The van der Waals surface area contributed by atoms with Gasteiger partial charge in [-0.25, -0.2) is 9.07 Å². The Morgan fingerprint density at radius 1 is 1.44 bits per heavy atom. The number of aromatic nitrogens is 2. The smallest absolute Gasteiger partial charge is 0.125 e. The van der Waals surface area contributed by atoms with Crippen LogP contribution in [-0.2, 0) is 0 Å². The van der Waals surface area contributed by atoms with E-state index in [1.165, 1.54) is 12.1 Å². The van der Waals surface area contributed by atoms with Crippen LogP contribution >= 0.6 is 15.9 Å². The van der Waals surface area contributed by atoms with E-state index in [1.54, 1.807) is 10.7 Å². The molecule has 0 spiro atoms. The Kier molecular flexibility index (Phi) is 3.21. The molecule has 2 rings (SSSR count). The topological polar surface area (TPSA) is 67.7 Å². The normalized spacial score (nSPS) is 10.7. The van der Waals surface area contributed by atoms with Gasteiger partial charge in [0.2, 0.25) is 0 Å². The van der Waals surface area contributed by atoms with Crippen LogP contribution in [0.4, 0.5) is 4.39 Å². The van der Waals surface area contributed by atoms with E-state index in [4.69, 9.17) is 11.1 Å².